The third-order valence-electron chi connectivity index (χ3n) is 3.03. The van der Waals surface area contributed by atoms with E-state index in [9.17, 15) is 0 Å². The van der Waals surface area contributed by atoms with Crippen molar-refractivity contribution in [1.82, 2.24) is 10.3 Å². The molecule has 2 rings (SSSR count). The quantitative estimate of drug-likeness (QED) is 0.818. The first-order valence-electron chi connectivity index (χ1n) is 6.54. The maximum absolute atomic E-state index is 4.17. The zero-order valence-electron chi connectivity index (χ0n) is 10.8. The van der Waals surface area contributed by atoms with Crippen LogP contribution in [0.3, 0.4) is 0 Å². The van der Waals surface area contributed by atoms with Crippen molar-refractivity contribution >= 4 is 11.3 Å². The van der Waals surface area contributed by atoms with Gasteiger partial charge in [0.25, 0.3) is 0 Å². The number of nitrogens with one attached hydrogen (secondary N) is 1. The molecular weight excluding hydrogens is 240 g/mol. The fraction of sp³-hybridized carbons (Fsp3) is 0.400. The smallest absolute Gasteiger partial charge is 0.0331 e. The molecule has 2 nitrogen and oxygen atoms in total. The van der Waals surface area contributed by atoms with Gasteiger partial charge in [0.2, 0.25) is 0 Å². The van der Waals surface area contributed by atoms with Gasteiger partial charge in [-0.1, -0.05) is 13.0 Å². The summed E-state index contributed by atoms with van der Waals surface area (Å²) in [4.78, 5) is 4.17. The summed E-state index contributed by atoms with van der Waals surface area (Å²) >= 11 is 1.77. The van der Waals surface area contributed by atoms with Crippen molar-refractivity contribution in [3.8, 4) is 0 Å². The lowest BCUT2D eigenvalue weighted by molar-refractivity contribution is 0.500. The van der Waals surface area contributed by atoms with E-state index in [1.807, 2.05) is 18.5 Å². The van der Waals surface area contributed by atoms with E-state index in [0.717, 1.165) is 19.4 Å². The molecule has 0 saturated heterocycles. The van der Waals surface area contributed by atoms with Gasteiger partial charge in [-0.05, 0) is 59.8 Å². The molecule has 0 radical (unpaired) electrons. The molecule has 0 bridgehead atoms. The van der Waals surface area contributed by atoms with Crippen LogP contribution < -0.4 is 5.32 Å². The van der Waals surface area contributed by atoms with Crippen LogP contribution in [0.15, 0.2) is 41.4 Å². The summed E-state index contributed by atoms with van der Waals surface area (Å²) in [7, 11) is 0. The molecule has 2 heterocycles. The van der Waals surface area contributed by atoms with Gasteiger partial charge in [0.05, 0.1) is 0 Å². The molecule has 0 fully saturated rings. The molecule has 1 N–H and O–H groups in total. The third kappa shape index (κ3) is 3.93. The van der Waals surface area contributed by atoms with Crippen molar-refractivity contribution in [2.75, 3.05) is 6.54 Å². The maximum atomic E-state index is 4.17. The average molecular weight is 260 g/mol. The minimum atomic E-state index is 0.469. The monoisotopic (exact) mass is 260 g/mol. The lowest BCUT2D eigenvalue weighted by Gasteiger charge is -2.17. The average Bonchev–Trinajstić information content (AvgIpc) is 2.94. The molecule has 96 valence electrons. The predicted octanol–water partition coefficient (Wildman–Crippen LogP) is 3.82. The van der Waals surface area contributed by atoms with Crippen molar-refractivity contribution in [2.24, 2.45) is 0 Å². The molecular formula is C15H20N2S. The van der Waals surface area contributed by atoms with Gasteiger partial charge in [-0.2, -0.15) is 11.3 Å². The minimum absolute atomic E-state index is 0.469. The van der Waals surface area contributed by atoms with E-state index < -0.39 is 0 Å². The van der Waals surface area contributed by atoms with Crippen LogP contribution in [-0.4, -0.2) is 11.5 Å². The van der Waals surface area contributed by atoms with Crippen LogP contribution in [0.4, 0.5) is 0 Å². The molecule has 0 amide bonds. The molecule has 0 saturated carbocycles. The normalized spacial score (nSPS) is 12.5. The summed E-state index contributed by atoms with van der Waals surface area (Å²) in [6.45, 7) is 3.28. The van der Waals surface area contributed by atoms with Gasteiger partial charge in [-0.25, -0.2) is 0 Å². The summed E-state index contributed by atoms with van der Waals surface area (Å²) in [5, 5.41) is 8.03. The van der Waals surface area contributed by atoms with E-state index in [1.54, 1.807) is 11.3 Å². The Hall–Kier alpha value is -1.19. The highest BCUT2D eigenvalue weighted by Gasteiger charge is 2.10. The number of thiophene rings is 1. The van der Waals surface area contributed by atoms with Crippen LogP contribution in [0.25, 0.3) is 0 Å². The lowest BCUT2D eigenvalue weighted by Crippen LogP contribution is -2.22. The topological polar surface area (TPSA) is 24.9 Å². The van der Waals surface area contributed by atoms with Gasteiger partial charge in [0, 0.05) is 18.4 Å². The molecule has 1 atom stereocenters. The molecule has 0 spiro atoms. The summed E-state index contributed by atoms with van der Waals surface area (Å²) in [6.07, 6.45) is 7.17. The Bertz CT molecular complexity index is 425. The molecule has 18 heavy (non-hydrogen) atoms. The summed E-state index contributed by atoms with van der Waals surface area (Å²) < 4.78 is 0. The molecule has 0 aromatic carbocycles. The molecule has 1 unspecified atom stereocenters. The zero-order chi connectivity index (χ0) is 12.6. The molecule has 2 aromatic heterocycles. The van der Waals surface area contributed by atoms with Gasteiger partial charge in [-0.3, -0.25) is 4.98 Å². The second kappa shape index (κ2) is 7.29. The van der Waals surface area contributed by atoms with Gasteiger partial charge in [0.15, 0.2) is 0 Å². The second-order valence-corrected chi connectivity index (χ2v) is 5.24. The van der Waals surface area contributed by atoms with Gasteiger partial charge < -0.3 is 5.32 Å². The van der Waals surface area contributed by atoms with E-state index in [0.29, 0.717) is 6.04 Å². The Labute approximate surface area is 113 Å². The number of nitrogens with zero attached hydrogens (tertiary/aromatic N) is 1. The SMILES string of the molecule is CCCNC(CCc1cccnc1)c1ccsc1. The van der Waals surface area contributed by atoms with E-state index in [2.05, 4.69) is 40.1 Å². The van der Waals surface area contributed by atoms with Crippen molar-refractivity contribution in [1.29, 1.82) is 0 Å². The molecule has 0 aliphatic carbocycles. The molecule has 2 aromatic rings. The van der Waals surface area contributed by atoms with Crippen LogP contribution >= 0.6 is 11.3 Å². The van der Waals surface area contributed by atoms with Crippen LogP contribution in [-0.2, 0) is 6.42 Å². The van der Waals surface area contributed by atoms with Crippen LogP contribution in [0.1, 0.15) is 36.9 Å². The van der Waals surface area contributed by atoms with Crippen LogP contribution in [0.2, 0.25) is 0 Å². The van der Waals surface area contributed by atoms with Gasteiger partial charge >= 0.3 is 0 Å². The van der Waals surface area contributed by atoms with E-state index in [4.69, 9.17) is 0 Å². The number of hydrogen-bond acceptors (Lipinski definition) is 3. The van der Waals surface area contributed by atoms with Crippen molar-refractivity contribution in [2.45, 2.75) is 32.2 Å². The predicted molar refractivity (Wildman–Crippen MR) is 77.9 cm³/mol. The Kier molecular flexibility index (Phi) is 5.36. The maximum Gasteiger partial charge on any atom is 0.0331 e. The van der Waals surface area contributed by atoms with Crippen molar-refractivity contribution in [3.63, 3.8) is 0 Å². The second-order valence-electron chi connectivity index (χ2n) is 4.46. The lowest BCUT2D eigenvalue weighted by atomic mass is 10.0. The summed E-state index contributed by atoms with van der Waals surface area (Å²) in [6, 6.07) is 6.85. The standard InChI is InChI=1S/C15H20N2S/c1-2-8-17-15(14-7-10-18-12-14)6-5-13-4-3-9-16-11-13/h3-4,7,9-12,15,17H,2,5-6,8H2,1H3. The fourth-order valence-corrected chi connectivity index (χ4v) is 2.75. The Morgan fingerprint density at radius 1 is 1.39 bits per heavy atom. The largest absolute Gasteiger partial charge is 0.310 e. The summed E-state index contributed by atoms with van der Waals surface area (Å²) in [5.41, 5.74) is 2.73. The third-order valence-corrected chi connectivity index (χ3v) is 3.73. The molecule has 0 aliphatic rings. The first kappa shape index (κ1) is 13.2. The number of pyridine rings is 1. The van der Waals surface area contributed by atoms with E-state index in [-0.39, 0.29) is 0 Å². The van der Waals surface area contributed by atoms with E-state index in [1.165, 1.54) is 17.5 Å². The minimum Gasteiger partial charge on any atom is -0.310 e. The first-order valence-corrected chi connectivity index (χ1v) is 7.49. The zero-order valence-corrected chi connectivity index (χ0v) is 11.6. The summed E-state index contributed by atoms with van der Waals surface area (Å²) in [5.74, 6) is 0. The molecule has 3 heteroatoms. The molecule has 0 aliphatic heterocycles. The number of rotatable bonds is 7. The highest BCUT2D eigenvalue weighted by atomic mass is 32.1. The Morgan fingerprint density at radius 3 is 3.00 bits per heavy atom. The fourth-order valence-electron chi connectivity index (χ4n) is 2.04. The first-order chi connectivity index (χ1) is 8.90. The highest BCUT2D eigenvalue weighted by Crippen LogP contribution is 2.21. The van der Waals surface area contributed by atoms with Crippen molar-refractivity contribution in [3.05, 3.63) is 52.5 Å². The van der Waals surface area contributed by atoms with E-state index >= 15 is 0 Å². The van der Waals surface area contributed by atoms with Gasteiger partial charge in [-0.15, -0.1) is 0 Å². The van der Waals surface area contributed by atoms with Crippen molar-refractivity contribution < 1.29 is 0 Å². The Balaban J connectivity index is 1.93. The van der Waals surface area contributed by atoms with Crippen LogP contribution in [0, 0.1) is 0 Å². The Morgan fingerprint density at radius 2 is 2.33 bits per heavy atom. The number of aromatic nitrogens is 1. The van der Waals surface area contributed by atoms with Gasteiger partial charge in [0.1, 0.15) is 0 Å². The number of hydrogen-bond donors (Lipinski definition) is 1. The number of aryl methyl sites for hydroxylation is 1. The van der Waals surface area contributed by atoms with Crippen LogP contribution in [0.5, 0.6) is 0 Å². The highest BCUT2D eigenvalue weighted by molar-refractivity contribution is 7.07.